The number of benzene rings is 2. The van der Waals surface area contributed by atoms with Gasteiger partial charge in [0.25, 0.3) is 0 Å². The Labute approximate surface area is 181 Å². The molecule has 0 spiro atoms. The largest absolute Gasteiger partial charge is 0.493 e. The van der Waals surface area contributed by atoms with Crippen molar-refractivity contribution in [3.8, 4) is 11.8 Å². The molecule has 0 radical (unpaired) electrons. The zero-order chi connectivity index (χ0) is 21.6. The lowest BCUT2D eigenvalue weighted by atomic mass is 10.1. The fraction of sp³-hybridized carbons (Fsp3) is 0.364. The summed E-state index contributed by atoms with van der Waals surface area (Å²) >= 11 is 5.89. The molecule has 6 nitrogen and oxygen atoms in total. The molecule has 0 aromatic heterocycles. The van der Waals surface area contributed by atoms with E-state index in [9.17, 15) is 13.2 Å². The summed E-state index contributed by atoms with van der Waals surface area (Å²) in [5.74, 6) is 0.0170. The third-order valence-electron chi connectivity index (χ3n) is 5.26. The van der Waals surface area contributed by atoms with Crippen LogP contribution in [0.1, 0.15) is 38.5 Å². The summed E-state index contributed by atoms with van der Waals surface area (Å²) in [6, 6.07) is 14.8. The SMILES string of the molecule is N#CCCCOc1cccc(NC(=O)C2(S(=O)(=O)c3ccc(Cl)cc3)CCCC2)c1. The van der Waals surface area contributed by atoms with Crippen LogP contribution in [-0.4, -0.2) is 25.7 Å². The molecule has 1 fully saturated rings. The number of unbranched alkanes of at least 4 members (excludes halogenated alkanes) is 1. The highest BCUT2D eigenvalue weighted by Crippen LogP contribution is 2.41. The van der Waals surface area contributed by atoms with Gasteiger partial charge in [0.05, 0.1) is 17.6 Å². The molecule has 30 heavy (non-hydrogen) atoms. The molecular weight excluding hydrogens is 424 g/mol. The molecule has 1 aliphatic rings. The van der Waals surface area contributed by atoms with Crippen LogP contribution in [-0.2, 0) is 14.6 Å². The number of nitrogens with zero attached hydrogens (tertiary/aromatic N) is 1. The topological polar surface area (TPSA) is 96.3 Å². The van der Waals surface area contributed by atoms with Crippen molar-refractivity contribution < 1.29 is 17.9 Å². The van der Waals surface area contributed by atoms with E-state index in [1.807, 2.05) is 0 Å². The number of nitriles is 1. The Hall–Kier alpha value is -2.56. The zero-order valence-corrected chi connectivity index (χ0v) is 18.0. The van der Waals surface area contributed by atoms with Crippen molar-refractivity contribution in [2.24, 2.45) is 0 Å². The fourth-order valence-corrected chi connectivity index (χ4v) is 5.85. The van der Waals surface area contributed by atoms with Gasteiger partial charge in [-0.05, 0) is 55.7 Å². The average Bonchev–Trinajstić information content (AvgIpc) is 3.24. The highest BCUT2D eigenvalue weighted by atomic mass is 35.5. The molecule has 1 N–H and O–H groups in total. The quantitative estimate of drug-likeness (QED) is 0.590. The van der Waals surface area contributed by atoms with E-state index in [1.54, 1.807) is 24.3 Å². The van der Waals surface area contributed by atoms with E-state index in [-0.39, 0.29) is 17.7 Å². The normalized spacial score (nSPS) is 15.3. The first-order chi connectivity index (χ1) is 14.4. The summed E-state index contributed by atoms with van der Waals surface area (Å²) in [6.07, 6.45) is 2.89. The van der Waals surface area contributed by atoms with Gasteiger partial charge in [-0.25, -0.2) is 8.42 Å². The van der Waals surface area contributed by atoms with E-state index in [0.29, 0.717) is 48.7 Å². The molecule has 1 saturated carbocycles. The molecule has 2 aromatic rings. The molecule has 0 atom stereocenters. The van der Waals surface area contributed by atoms with E-state index in [4.69, 9.17) is 21.6 Å². The minimum Gasteiger partial charge on any atom is -0.493 e. The Morgan fingerprint density at radius 1 is 1.17 bits per heavy atom. The third-order valence-corrected chi connectivity index (χ3v) is 8.02. The number of rotatable bonds is 8. The predicted octanol–water partition coefficient (Wildman–Crippen LogP) is 4.75. The number of anilines is 1. The number of sulfone groups is 1. The molecular formula is C22H23ClN2O4S. The number of nitrogens with one attached hydrogen (secondary N) is 1. The molecule has 158 valence electrons. The fourth-order valence-electron chi connectivity index (χ4n) is 3.65. The van der Waals surface area contributed by atoms with Crippen LogP contribution in [0.2, 0.25) is 5.02 Å². The number of carbonyl (C=O) groups excluding carboxylic acids is 1. The number of hydrogen-bond acceptors (Lipinski definition) is 5. The van der Waals surface area contributed by atoms with Gasteiger partial charge in [-0.1, -0.05) is 30.5 Å². The number of amides is 1. The summed E-state index contributed by atoms with van der Waals surface area (Å²) in [5.41, 5.74) is 0.468. The Morgan fingerprint density at radius 3 is 2.53 bits per heavy atom. The van der Waals surface area contributed by atoms with Gasteiger partial charge in [0.1, 0.15) is 5.75 Å². The van der Waals surface area contributed by atoms with Gasteiger partial charge < -0.3 is 10.1 Å². The van der Waals surface area contributed by atoms with Gasteiger partial charge in [0.2, 0.25) is 5.91 Å². The maximum atomic E-state index is 13.4. The van der Waals surface area contributed by atoms with E-state index >= 15 is 0 Å². The maximum absolute atomic E-state index is 13.4. The van der Waals surface area contributed by atoms with Crippen molar-refractivity contribution in [2.75, 3.05) is 11.9 Å². The molecule has 0 unspecified atom stereocenters. The lowest BCUT2D eigenvalue weighted by Gasteiger charge is -2.27. The summed E-state index contributed by atoms with van der Waals surface area (Å²) in [7, 11) is -3.90. The summed E-state index contributed by atoms with van der Waals surface area (Å²) in [5, 5.41) is 11.8. The highest BCUT2D eigenvalue weighted by Gasteiger charge is 2.52. The van der Waals surface area contributed by atoms with E-state index in [0.717, 1.165) is 0 Å². The van der Waals surface area contributed by atoms with Crippen LogP contribution in [0.3, 0.4) is 0 Å². The highest BCUT2D eigenvalue weighted by molar-refractivity contribution is 7.93. The van der Waals surface area contributed by atoms with Crippen molar-refractivity contribution >= 4 is 33.0 Å². The van der Waals surface area contributed by atoms with Gasteiger partial charge in [-0.15, -0.1) is 0 Å². The van der Waals surface area contributed by atoms with Crippen molar-refractivity contribution in [3.63, 3.8) is 0 Å². The molecule has 0 saturated heterocycles. The van der Waals surface area contributed by atoms with Crippen LogP contribution in [0.5, 0.6) is 5.75 Å². The lowest BCUT2D eigenvalue weighted by molar-refractivity contribution is -0.118. The Morgan fingerprint density at radius 2 is 1.87 bits per heavy atom. The number of carbonyl (C=O) groups is 1. The van der Waals surface area contributed by atoms with Gasteiger partial charge >= 0.3 is 0 Å². The molecule has 0 aliphatic heterocycles. The molecule has 1 aliphatic carbocycles. The van der Waals surface area contributed by atoms with Crippen LogP contribution in [0.15, 0.2) is 53.4 Å². The minimum atomic E-state index is -3.90. The predicted molar refractivity (Wildman–Crippen MR) is 115 cm³/mol. The van der Waals surface area contributed by atoms with E-state index in [2.05, 4.69) is 11.4 Å². The average molecular weight is 447 g/mol. The second-order valence-corrected chi connectivity index (χ2v) is 9.95. The Bertz CT molecular complexity index is 1040. The van der Waals surface area contributed by atoms with Crippen molar-refractivity contribution in [2.45, 2.75) is 48.2 Å². The van der Waals surface area contributed by atoms with Gasteiger partial charge in [-0.2, -0.15) is 5.26 Å². The van der Waals surface area contributed by atoms with Crippen molar-refractivity contribution in [1.82, 2.24) is 0 Å². The number of hydrogen-bond donors (Lipinski definition) is 1. The molecule has 2 aromatic carbocycles. The first-order valence-electron chi connectivity index (χ1n) is 9.80. The van der Waals surface area contributed by atoms with Crippen LogP contribution in [0, 0.1) is 11.3 Å². The first-order valence-corrected chi connectivity index (χ1v) is 11.7. The molecule has 8 heteroatoms. The Balaban J connectivity index is 1.81. The monoisotopic (exact) mass is 446 g/mol. The molecule has 1 amide bonds. The number of ether oxygens (including phenoxy) is 1. The smallest absolute Gasteiger partial charge is 0.246 e. The first kappa shape index (κ1) is 22.1. The second-order valence-electron chi connectivity index (χ2n) is 7.25. The van der Waals surface area contributed by atoms with Crippen LogP contribution in [0.25, 0.3) is 0 Å². The minimum absolute atomic E-state index is 0.0959. The van der Waals surface area contributed by atoms with E-state index in [1.165, 1.54) is 24.3 Å². The Kier molecular flexibility index (Phi) is 7.01. The van der Waals surface area contributed by atoms with Crippen LogP contribution in [0.4, 0.5) is 5.69 Å². The van der Waals surface area contributed by atoms with Crippen LogP contribution >= 0.6 is 11.6 Å². The van der Waals surface area contributed by atoms with Crippen molar-refractivity contribution in [1.29, 1.82) is 5.26 Å². The summed E-state index contributed by atoms with van der Waals surface area (Å²) in [6.45, 7) is 0.389. The maximum Gasteiger partial charge on any atom is 0.246 e. The van der Waals surface area contributed by atoms with Crippen LogP contribution < -0.4 is 10.1 Å². The molecule has 0 bridgehead atoms. The molecule has 3 rings (SSSR count). The van der Waals surface area contributed by atoms with Gasteiger partial charge in [0.15, 0.2) is 14.6 Å². The van der Waals surface area contributed by atoms with Gasteiger partial charge in [0, 0.05) is 23.2 Å². The summed E-state index contributed by atoms with van der Waals surface area (Å²) in [4.78, 5) is 13.3. The number of halogens is 1. The zero-order valence-electron chi connectivity index (χ0n) is 16.4. The van der Waals surface area contributed by atoms with Gasteiger partial charge in [-0.3, -0.25) is 4.79 Å². The lowest BCUT2D eigenvalue weighted by Crippen LogP contribution is -2.47. The standard InChI is InChI=1S/C22H23ClN2O4S/c23-17-8-10-20(11-9-17)30(27,28)22(12-1-2-13-22)21(26)25-18-6-5-7-19(16-18)29-15-4-3-14-24/h5-11,16H,1-4,12-13,15H2,(H,25,26). The second kappa shape index (κ2) is 9.50. The molecule has 0 heterocycles. The summed E-state index contributed by atoms with van der Waals surface area (Å²) < 4.78 is 30.9. The van der Waals surface area contributed by atoms with E-state index < -0.39 is 20.5 Å². The van der Waals surface area contributed by atoms with Crippen molar-refractivity contribution in [3.05, 3.63) is 53.6 Å². The third kappa shape index (κ3) is 4.61.